The minimum atomic E-state index is -0.287. The standard InChI is InChI=1S/C16H22N2O2/c1-11-9-15(19)14(10-18(11)3)16(20)17-12(2)13-7-5-4-6-8-13/h7,9-10,12H,4-6,8H2,1-3H3,(H,17,20)/t12-/m1/s1. The number of pyridine rings is 1. The van der Waals surface area contributed by atoms with Crippen molar-refractivity contribution < 1.29 is 4.79 Å². The third kappa shape index (κ3) is 3.18. The van der Waals surface area contributed by atoms with Gasteiger partial charge in [-0.25, -0.2) is 0 Å². The Hall–Kier alpha value is -1.84. The summed E-state index contributed by atoms with van der Waals surface area (Å²) in [7, 11) is 1.83. The van der Waals surface area contributed by atoms with Gasteiger partial charge in [0.2, 0.25) is 0 Å². The molecule has 1 aliphatic rings. The van der Waals surface area contributed by atoms with Gasteiger partial charge in [0.15, 0.2) is 5.43 Å². The molecule has 0 saturated carbocycles. The van der Waals surface area contributed by atoms with Gasteiger partial charge in [-0.1, -0.05) is 11.6 Å². The first kappa shape index (κ1) is 14.6. The van der Waals surface area contributed by atoms with Crippen LogP contribution in [-0.4, -0.2) is 16.5 Å². The Morgan fingerprint density at radius 3 is 2.80 bits per heavy atom. The van der Waals surface area contributed by atoms with Gasteiger partial charge in [-0.3, -0.25) is 9.59 Å². The Labute approximate surface area is 119 Å². The molecule has 108 valence electrons. The quantitative estimate of drug-likeness (QED) is 0.860. The molecule has 1 amide bonds. The van der Waals surface area contributed by atoms with E-state index in [1.54, 1.807) is 10.8 Å². The van der Waals surface area contributed by atoms with E-state index in [9.17, 15) is 9.59 Å². The van der Waals surface area contributed by atoms with Crippen molar-refractivity contribution in [3.8, 4) is 0 Å². The Bertz CT molecular complexity index is 599. The van der Waals surface area contributed by atoms with Crippen molar-refractivity contribution in [2.24, 2.45) is 7.05 Å². The number of carbonyl (C=O) groups excluding carboxylic acids is 1. The summed E-state index contributed by atoms with van der Waals surface area (Å²) in [6, 6.07) is 1.49. The summed E-state index contributed by atoms with van der Waals surface area (Å²) in [5.74, 6) is -0.287. The van der Waals surface area contributed by atoms with E-state index in [4.69, 9.17) is 0 Å². The highest BCUT2D eigenvalue weighted by molar-refractivity contribution is 5.94. The van der Waals surface area contributed by atoms with Gasteiger partial charge in [-0.15, -0.1) is 0 Å². The lowest BCUT2D eigenvalue weighted by atomic mass is 9.94. The van der Waals surface area contributed by atoms with Gasteiger partial charge in [0, 0.05) is 31.0 Å². The highest BCUT2D eigenvalue weighted by Gasteiger charge is 2.17. The maximum absolute atomic E-state index is 12.2. The molecule has 0 unspecified atom stereocenters. The van der Waals surface area contributed by atoms with Crippen molar-refractivity contribution in [1.82, 2.24) is 9.88 Å². The Morgan fingerprint density at radius 1 is 1.40 bits per heavy atom. The predicted molar refractivity (Wildman–Crippen MR) is 79.9 cm³/mol. The van der Waals surface area contributed by atoms with Gasteiger partial charge >= 0.3 is 0 Å². The molecule has 20 heavy (non-hydrogen) atoms. The first-order valence-electron chi connectivity index (χ1n) is 7.16. The largest absolute Gasteiger partial charge is 0.354 e. The van der Waals surface area contributed by atoms with Crippen molar-refractivity contribution in [2.45, 2.75) is 45.6 Å². The number of nitrogens with one attached hydrogen (secondary N) is 1. The van der Waals surface area contributed by atoms with Gasteiger partial charge in [0.25, 0.3) is 5.91 Å². The zero-order chi connectivity index (χ0) is 14.7. The van der Waals surface area contributed by atoms with Gasteiger partial charge in [-0.05, 0) is 39.5 Å². The van der Waals surface area contributed by atoms with Crippen LogP contribution in [0.15, 0.2) is 28.7 Å². The van der Waals surface area contributed by atoms with Crippen LogP contribution >= 0.6 is 0 Å². The van der Waals surface area contributed by atoms with Crippen molar-refractivity contribution >= 4 is 5.91 Å². The lowest BCUT2D eigenvalue weighted by molar-refractivity contribution is 0.0942. The van der Waals surface area contributed by atoms with E-state index >= 15 is 0 Å². The molecule has 1 N–H and O–H groups in total. The Balaban J connectivity index is 2.14. The molecular weight excluding hydrogens is 252 g/mol. The molecule has 2 rings (SSSR count). The number of nitrogens with zero attached hydrogens (tertiary/aromatic N) is 1. The molecule has 0 spiro atoms. The van der Waals surface area contributed by atoms with Crippen LogP contribution in [0.1, 0.15) is 48.7 Å². The van der Waals surface area contributed by atoms with E-state index < -0.39 is 0 Å². The monoisotopic (exact) mass is 274 g/mol. The maximum Gasteiger partial charge on any atom is 0.257 e. The van der Waals surface area contributed by atoms with Crippen LogP contribution in [0.2, 0.25) is 0 Å². The van der Waals surface area contributed by atoms with E-state index in [1.165, 1.54) is 24.5 Å². The number of aromatic nitrogens is 1. The van der Waals surface area contributed by atoms with E-state index in [2.05, 4.69) is 11.4 Å². The first-order valence-corrected chi connectivity index (χ1v) is 7.16. The zero-order valence-electron chi connectivity index (χ0n) is 12.4. The summed E-state index contributed by atoms with van der Waals surface area (Å²) in [6.45, 7) is 3.83. The number of amides is 1. The third-order valence-corrected chi connectivity index (χ3v) is 3.96. The first-order chi connectivity index (χ1) is 9.49. The summed E-state index contributed by atoms with van der Waals surface area (Å²) in [5.41, 5.74) is 2.10. The lowest BCUT2D eigenvalue weighted by Gasteiger charge is -2.21. The summed E-state index contributed by atoms with van der Waals surface area (Å²) < 4.78 is 1.79. The van der Waals surface area contributed by atoms with Crippen molar-refractivity contribution in [2.75, 3.05) is 0 Å². The number of carbonyl (C=O) groups is 1. The smallest absolute Gasteiger partial charge is 0.257 e. The highest BCUT2D eigenvalue weighted by Crippen LogP contribution is 2.20. The van der Waals surface area contributed by atoms with Crippen LogP contribution in [0.5, 0.6) is 0 Å². The van der Waals surface area contributed by atoms with Crippen LogP contribution in [0.4, 0.5) is 0 Å². The van der Waals surface area contributed by atoms with E-state index in [-0.39, 0.29) is 22.9 Å². The maximum atomic E-state index is 12.2. The number of aryl methyl sites for hydroxylation is 2. The average molecular weight is 274 g/mol. The third-order valence-electron chi connectivity index (χ3n) is 3.96. The predicted octanol–water partition coefficient (Wildman–Crippen LogP) is 2.31. The van der Waals surface area contributed by atoms with Crippen LogP contribution in [0, 0.1) is 6.92 Å². The fourth-order valence-corrected chi connectivity index (χ4v) is 2.52. The van der Waals surface area contributed by atoms with E-state index in [1.807, 2.05) is 20.9 Å². The van der Waals surface area contributed by atoms with Crippen LogP contribution in [0.3, 0.4) is 0 Å². The number of allylic oxidation sites excluding steroid dienone is 1. The molecule has 0 aliphatic heterocycles. The minimum Gasteiger partial charge on any atom is -0.354 e. The zero-order valence-corrected chi connectivity index (χ0v) is 12.4. The molecular formula is C16H22N2O2. The van der Waals surface area contributed by atoms with Gasteiger partial charge in [0.05, 0.1) is 0 Å². The summed E-state index contributed by atoms with van der Waals surface area (Å²) >= 11 is 0. The summed E-state index contributed by atoms with van der Waals surface area (Å²) in [5, 5.41) is 2.93. The Kier molecular flexibility index (Phi) is 4.42. The second-order valence-electron chi connectivity index (χ2n) is 5.52. The normalized spacial score (nSPS) is 16.4. The molecule has 0 aromatic carbocycles. The number of hydrogen-bond donors (Lipinski definition) is 1. The van der Waals surface area contributed by atoms with Crippen LogP contribution in [-0.2, 0) is 7.05 Å². The molecule has 4 heteroatoms. The number of hydrogen-bond acceptors (Lipinski definition) is 2. The van der Waals surface area contributed by atoms with Gasteiger partial charge < -0.3 is 9.88 Å². The van der Waals surface area contributed by atoms with Crippen molar-refractivity contribution in [3.63, 3.8) is 0 Å². The topological polar surface area (TPSA) is 51.1 Å². The van der Waals surface area contributed by atoms with Crippen LogP contribution in [0.25, 0.3) is 0 Å². The fourth-order valence-electron chi connectivity index (χ4n) is 2.52. The Morgan fingerprint density at radius 2 is 2.15 bits per heavy atom. The molecule has 1 atom stereocenters. The highest BCUT2D eigenvalue weighted by atomic mass is 16.2. The molecule has 4 nitrogen and oxygen atoms in total. The summed E-state index contributed by atoms with van der Waals surface area (Å²) in [4.78, 5) is 24.1. The molecule has 0 saturated heterocycles. The fraction of sp³-hybridized carbons (Fsp3) is 0.500. The van der Waals surface area contributed by atoms with Gasteiger partial charge in [-0.2, -0.15) is 0 Å². The molecule has 1 heterocycles. The average Bonchev–Trinajstić information content (AvgIpc) is 2.43. The molecule has 0 bridgehead atoms. The molecule has 0 fully saturated rings. The second kappa shape index (κ2) is 6.07. The minimum absolute atomic E-state index is 0.00573. The van der Waals surface area contributed by atoms with Crippen molar-refractivity contribution in [3.05, 3.63) is 45.4 Å². The molecule has 1 aliphatic carbocycles. The molecule has 1 aromatic rings. The van der Waals surface area contributed by atoms with Crippen molar-refractivity contribution in [1.29, 1.82) is 0 Å². The second-order valence-corrected chi connectivity index (χ2v) is 5.52. The number of rotatable bonds is 3. The SMILES string of the molecule is Cc1cc(=O)c(C(=O)N[C@H](C)C2=CCCCC2)cn1C. The summed E-state index contributed by atoms with van der Waals surface area (Å²) in [6.07, 6.45) is 8.34. The van der Waals surface area contributed by atoms with E-state index in [0.29, 0.717) is 0 Å². The molecule has 1 aromatic heterocycles. The lowest BCUT2D eigenvalue weighted by Crippen LogP contribution is -2.37. The molecule has 0 radical (unpaired) electrons. The van der Waals surface area contributed by atoms with Crippen LogP contribution < -0.4 is 10.7 Å². The van der Waals surface area contributed by atoms with E-state index in [0.717, 1.165) is 18.5 Å². The van der Waals surface area contributed by atoms with Gasteiger partial charge in [0.1, 0.15) is 5.56 Å².